The minimum Gasteiger partial charge on any atom is -0.298 e. The van der Waals surface area contributed by atoms with E-state index in [1.807, 2.05) is 6.07 Å². The molecule has 5 nitrogen and oxygen atoms in total. The Kier molecular flexibility index (Phi) is 5.15. The lowest BCUT2D eigenvalue weighted by molar-refractivity contribution is 0.140. The van der Waals surface area contributed by atoms with Gasteiger partial charge in [0.1, 0.15) is 0 Å². The van der Waals surface area contributed by atoms with E-state index in [1.54, 1.807) is 0 Å². The van der Waals surface area contributed by atoms with E-state index in [4.69, 9.17) is 5.14 Å². The number of rotatable bonds is 5. The molecule has 1 aromatic carbocycles. The molecular formula is C14H23N3O2S. The van der Waals surface area contributed by atoms with Gasteiger partial charge >= 0.3 is 0 Å². The zero-order valence-corrected chi connectivity index (χ0v) is 12.7. The van der Waals surface area contributed by atoms with Gasteiger partial charge in [-0.1, -0.05) is 30.3 Å². The third-order valence-corrected chi connectivity index (χ3v) is 5.04. The van der Waals surface area contributed by atoms with Gasteiger partial charge < -0.3 is 0 Å². The Morgan fingerprint density at radius 3 is 2.30 bits per heavy atom. The van der Waals surface area contributed by atoms with Crippen molar-refractivity contribution >= 4 is 10.2 Å². The molecule has 1 aliphatic rings. The normalized spacial score (nSPS) is 19.9. The summed E-state index contributed by atoms with van der Waals surface area (Å²) >= 11 is 0. The third-order valence-electron chi connectivity index (χ3n) is 3.95. The molecule has 0 radical (unpaired) electrons. The number of aryl methyl sites for hydroxylation is 1. The molecule has 0 bridgehead atoms. The van der Waals surface area contributed by atoms with Crippen LogP contribution in [-0.4, -0.2) is 49.8 Å². The van der Waals surface area contributed by atoms with Crippen molar-refractivity contribution in [1.29, 1.82) is 0 Å². The number of benzene rings is 1. The van der Waals surface area contributed by atoms with Crippen LogP contribution >= 0.6 is 0 Å². The highest BCUT2D eigenvalue weighted by molar-refractivity contribution is 7.86. The Morgan fingerprint density at radius 1 is 1.15 bits per heavy atom. The first-order valence-electron chi connectivity index (χ1n) is 7.02. The van der Waals surface area contributed by atoms with Crippen LogP contribution in [0.3, 0.4) is 0 Å². The van der Waals surface area contributed by atoms with E-state index < -0.39 is 10.2 Å². The van der Waals surface area contributed by atoms with Crippen LogP contribution in [0.2, 0.25) is 0 Å². The second-order valence-electron chi connectivity index (χ2n) is 5.35. The van der Waals surface area contributed by atoms with Gasteiger partial charge in [0.15, 0.2) is 0 Å². The third kappa shape index (κ3) is 4.28. The predicted molar refractivity (Wildman–Crippen MR) is 80.5 cm³/mol. The van der Waals surface area contributed by atoms with E-state index >= 15 is 0 Å². The molecule has 0 saturated carbocycles. The number of nitrogens with zero attached hydrogens (tertiary/aromatic N) is 2. The van der Waals surface area contributed by atoms with E-state index in [2.05, 4.69) is 36.1 Å². The van der Waals surface area contributed by atoms with Crippen LogP contribution in [0.4, 0.5) is 0 Å². The minimum atomic E-state index is -3.52. The zero-order valence-electron chi connectivity index (χ0n) is 11.9. The Bertz CT molecular complexity index is 510. The highest BCUT2D eigenvalue weighted by atomic mass is 32.2. The molecule has 1 atom stereocenters. The van der Waals surface area contributed by atoms with E-state index in [-0.39, 0.29) is 0 Å². The van der Waals surface area contributed by atoms with Gasteiger partial charge in [0.05, 0.1) is 0 Å². The molecule has 0 aromatic heterocycles. The monoisotopic (exact) mass is 297 g/mol. The van der Waals surface area contributed by atoms with E-state index in [0.29, 0.717) is 19.1 Å². The van der Waals surface area contributed by atoms with Gasteiger partial charge in [-0.2, -0.15) is 12.7 Å². The molecule has 0 aliphatic carbocycles. The maximum atomic E-state index is 11.3. The molecule has 1 aromatic rings. The molecular weight excluding hydrogens is 274 g/mol. The van der Waals surface area contributed by atoms with Crippen molar-refractivity contribution < 1.29 is 8.42 Å². The summed E-state index contributed by atoms with van der Waals surface area (Å²) in [5, 5.41) is 5.15. The van der Waals surface area contributed by atoms with Gasteiger partial charge in [-0.15, -0.1) is 0 Å². The van der Waals surface area contributed by atoms with Crippen molar-refractivity contribution in [2.45, 2.75) is 25.8 Å². The Hall–Kier alpha value is -0.950. The number of nitrogens with two attached hydrogens (primary N) is 1. The Labute approximate surface area is 121 Å². The van der Waals surface area contributed by atoms with Crippen molar-refractivity contribution in [3.8, 4) is 0 Å². The van der Waals surface area contributed by atoms with E-state index in [0.717, 1.165) is 25.9 Å². The van der Waals surface area contributed by atoms with Gasteiger partial charge in [-0.3, -0.25) is 4.90 Å². The molecule has 0 unspecified atom stereocenters. The first-order valence-corrected chi connectivity index (χ1v) is 8.53. The van der Waals surface area contributed by atoms with E-state index in [1.165, 1.54) is 9.87 Å². The fourth-order valence-corrected chi connectivity index (χ4v) is 3.27. The molecule has 112 valence electrons. The summed E-state index contributed by atoms with van der Waals surface area (Å²) in [6.45, 7) is 4.71. The van der Waals surface area contributed by atoms with Crippen LogP contribution in [0.5, 0.6) is 0 Å². The maximum Gasteiger partial charge on any atom is 0.276 e. The standard InChI is InChI=1S/C14H23N3O2S/c1-13(7-8-14-5-3-2-4-6-14)16-9-11-17(12-10-16)20(15,18)19/h2-6,13H,7-12H2,1H3,(H2,15,18,19)/t13-/m0/s1. The summed E-state index contributed by atoms with van der Waals surface area (Å²) in [5.74, 6) is 0. The second-order valence-corrected chi connectivity index (χ2v) is 6.90. The number of hydrogen-bond donors (Lipinski definition) is 1. The number of piperazine rings is 1. The van der Waals surface area contributed by atoms with Gasteiger partial charge in [-0.25, -0.2) is 5.14 Å². The largest absolute Gasteiger partial charge is 0.298 e. The van der Waals surface area contributed by atoms with E-state index in [9.17, 15) is 8.42 Å². The summed E-state index contributed by atoms with van der Waals surface area (Å²) in [4.78, 5) is 2.34. The smallest absolute Gasteiger partial charge is 0.276 e. The fraction of sp³-hybridized carbons (Fsp3) is 0.571. The van der Waals surface area contributed by atoms with Crippen LogP contribution in [0.25, 0.3) is 0 Å². The van der Waals surface area contributed by atoms with Gasteiger partial charge in [0.2, 0.25) is 0 Å². The van der Waals surface area contributed by atoms with Gasteiger partial charge in [-0.05, 0) is 25.3 Å². The quantitative estimate of drug-likeness (QED) is 0.875. The summed E-state index contributed by atoms with van der Waals surface area (Å²) in [6, 6.07) is 10.9. The highest BCUT2D eigenvalue weighted by Gasteiger charge is 2.25. The molecule has 1 aliphatic heterocycles. The maximum absolute atomic E-state index is 11.3. The average molecular weight is 297 g/mol. The van der Waals surface area contributed by atoms with Crippen LogP contribution in [-0.2, 0) is 16.6 Å². The molecule has 6 heteroatoms. The average Bonchev–Trinajstić information content (AvgIpc) is 2.45. The van der Waals surface area contributed by atoms with Crippen molar-refractivity contribution in [1.82, 2.24) is 9.21 Å². The molecule has 1 saturated heterocycles. The first kappa shape index (κ1) is 15.4. The molecule has 1 fully saturated rings. The SMILES string of the molecule is C[C@@H](CCc1ccccc1)N1CCN(S(N)(=O)=O)CC1. The topological polar surface area (TPSA) is 66.6 Å². The van der Waals surface area contributed by atoms with Crippen LogP contribution in [0, 0.1) is 0 Å². The van der Waals surface area contributed by atoms with Gasteiger partial charge in [0.25, 0.3) is 10.2 Å². The lowest BCUT2D eigenvalue weighted by Gasteiger charge is -2.36. The fourth-order valence-electron chi connectivity index (χ4n) is 2.60. The molecule has 20 heavy (non-hydrogen) atoms. The number of hydrogen-bond acceptors (Lipinski definition) is 3. The Balaban J connectivity index is 1.79. The van der Waals surface area contributed by atoms with Crippen LogP contribution in [0.15, 0.2) is 30.3 Å². The lowest BCUT2D eigenvalue weighted by Crippen LogP contribution is -2.52. The minimum absolute atomic E-state index is 0.456. The van der Waals surface area contributed by atoms with Crippen LogP contribution in [0.1, 0.15) is 18.9 Å². The Morgan fingerprint density at radius 2 is 1.75 bits per heavy atom. The summed E-state index contributed by atoms with van der Waals surface area (Å²) < 4.78 is 23.9. The van der Waals surface area contributed by atoms with Crippen molar-refractivity contribution in [2.75, 3.05) is 26.2 Å². The van der Waals surface area contributed by atoms with Gasteiger partial charge in [0, 0.05) is 32.2 Å². The molecule has 1 heterocycles. The highest BCUT2D eigenvalue weighted by Crippen LogP contribution is 2.13. The summed E-state index contributed by atoms with van der Waals surface area (Å²) in [6.07, 6.45) is 2.14. The summed E-state index contributed by atoms with van der Waals surface area (Å²) in [7, 11) is -3.52. The predicted octanol–water partition coefficient (Wildman–Crippen LogP) is 0.829. The molecule has 0 spiro atoms. The van der Waals surface area contributed by atoms with Crippen LogP contribution < -0.4 is 5.14 Å². The first-order chi connectivity index (χ1) is 9.47. The molecule has 0 amide bonds. The molecule has 2 rings (SSSR count). The zero-order chi connectivity index (χ0) is 14.6. The molecule has 2 N–H and O–H groups in total. The lowest BCUT2D eigenvalue weighted by atomic mass is 10.0. The summed E-state index contributed by atoms with van der Waals surface area (Å²) in [5.41, 5.74) is 1.35. The van der Waals surface area contributed by atoms with Crippen molar-refractivity contribution in [3.05, 3.63) is 35.9 Å². The second kappa shape index (κ2) is 6.67. The van der Waals surface area contributed by atoms with Crippen molar-refractivity contribution in [3.63, 3.8) is 0 Å². The van der Waals surface area contributed by atoms with Crippen molar-refractivity contribution in [2.24, 2.45) is 5.14 Å².